The number of hydrogen-bond donors (Lipinski definition) is 3. The predicted octanol–water partition coefficient (Wildman–Crippen LogP) is 1.73. The van der Waals surface area contributed by atoms with E-state index in [-0.39, 0.29) is 11.7 Å². The molecule has 2 aromatic rings. The van der Waals surface area contributed by atoms with Gasteiger partial charge in [-0.1, -0.05) is 18.2 Å². The Morgan fingerprint density at radius 1 is 0.966 bits per heavy atom. The molecule has 0 spiro atoms. The molecule has 9 heteroatoms. The summed E-state index contributed by atoms with van der Waals surface area (Å²) in [5.41, 5.74) is 6.14. The van der Waals surface area contributed by atoms with E-state index < -0.39 is 11.8 Å². The molecule has 0 heterocycles. The van der Waals surface area contributed by atoms with E-state index in [1.807, 2.05) is 25.1 Å². The summed E-state index contributed by atoms with van der Waals surface area (Å²) in [6.45, 7) is 2.58. The van der Waals surface area contributed by atoms with Crippen molar-refractivity contribution in [1.82, 2.24) is 16.2 Å². The molecule has 29 heavy (non-hydrogen) atoms. The molecule has 2 aromatic carbocycles. The van der Waals surface area contributed by atoms with Crippen LogP contribution in [0.25, 0.3) is 0 Å². The van der Waals surface area contributed by atoms with Crippen LogP contribution in [0.2, 0.25) is 0 Å². The number of methoxy groups -OCH3 is 1. The molecule has 2 amide bonds. The average molecular weight is 417 g/mol. The second kappa shape index (κ2) is 11.6. The summed E-state index contributed by atoms with van der Waals surface area (Å²) < 4.78 is 15.8. The quantitative estimate of drug-likeness (QED) is 0.342. The predicted molar refractivity (Wildman–Crippen MR) is 112 cm³/mol. The standard InChI is InChI=1S/C20H23N3O5S/c1-14-5-3-4-6-17(14)28-13-18(24)22-23-20(29)21-19(25)15-7-9-16(10-8-15)27-12-11-26-2/h3-10H,11-13H2,1-2H3,(H,22,24)(H2,21,23,25,29). The molecule has 0 saturated heterocycles. The van der Waals surface area contributed by atoms with Crippen LogP contribution in [-0.2, 0) is 9.53 Å². The van der Waals surface area contributed by atoms with Gasteiger partial charge in [-0.25, -0.2) is 0 Å². The van der Waals surface area contributed by atoms with E-state index in [1.54, 1.807) is 37.4 Å². The Balaban J connectivity index is 1.72. The lowest BCUT2D eigenvalue weighted by Gasteiger charge is -2.12. The number of nitrogens with one attached hydrogen (secondary N) is 3. The monoisotopic (exact) mass is 417 g/mol. The van der Waals surface area contributed by atoms with Gasteiger partial charge in [0.25, 0.3) is 11.8 Å². The summed E-state index contributed by atoms with van der Waals surface area (Å²) in [5.74, 6) is 0.382. The van der Waals surface area contributed by atoms with Crippen LogP contribution in [0.3, 0.4) is 0 Å². The van der Waals surface area contributed by atoms with Crippen LogP contribution < -0.4 is 25.6 Å². The summed E-state index contributed by atoms with van der Waals surface area (Å²) in [6.07, 6.45) is 0. The lowest BCUT2D eigenvalue weighted by atomic mass is 10.2. The highest BCUT2D eigenvalue weighted by molar-refractivity contribution is 7.80. The van der Waals surface area contributed by atoms with E-state index in [1.165, 1.54) is 0 Å². The number of hydrazine groups is 1. The van der Waals surface area contributed by atoms with Crippen LogP contribution in [0.15, 0.2) is 48.5 Å². The van der Waals surface area contributed by atoms with Gasteiger partial charge in [-0.2, -0.15) is 0 Å². The van der Waals surface area contributed by atoms with E-state index in [0.29, 0.717) is 30.3 Å². The summed E-state index contributed by atoms with van der Waals surface area (Å²) in [6, 6.07) is 13.9. The maximum absolute atomic E-state index is 12.2. The fraction of sp³-hybridized carbons (Fsp3) is 0.250. The number of rotatable bonds is 8. The van der Waals surface area contributed by atoms with Gasteiger partial charge in [-0.05, 0) is 55.0 Å². The largest absolute Gasteiger partial charge is 0.491 e. The van der Waals surface area contributed by atoms with Crippen LogP contribution in [0.1, 0.15) is 15.9 Å². The van der Waals surface area contributed by atoms with Gasteiger partial charge < -0.3 is 14.2 Å². The molecule has 0 bridgehead atoms. The normalized spacial score (nSPS) is 10.0. The smallest absolute Gasteiger partial charge is 0.276 e. The number of amides is 2. The lowest BCUT2D eigenvalue weighted by molar-refractivity contribution is -0.123. The molecule has 0 aliphatic rings. The van der Waals surface area contributed by atoms with Gasteiger partial charge in [0.1, 0.15) is 18.1 Å². The van der Waals surface area contributed by atoms with Crippen LogP contribution in [0.4, 0.5) is 0 Å². The fourth-order valence-corrected chi connectivity index (χ4v) is 2.32. The zero-order valence-corrected chi connectivity index (χ0v) is 17.0. The van der Waals surface area contributed by atoms with Crippen LogP contribution in [0.5, 0.6) is 11.5 Å². The molecule has 0 aliphatic carbocycles. The number of carbonyl (C=O) groups excluding carboxylic acids is 2. The topological polar surface area (TPSA) is 97.9 Å². The third-order valence-corrected chi connectivity index (χ3v) is 3.87. The Morgan fingerprint density at radius 3 is 2.38 bits per heavy atom. The van der Waals surface area contributed by atoms with Crippen molar-refractivity contribution in [1.29, 1.82) is 0 Å². The summed E-state index contributed by atoms with van der Waals surface area (Å²) in [7, 11) is 1.59. The maximum atomic E-state index is 12.2. The minimum absolute atomic E-state index is 0.0420. The zero-order valence-electron chi connectivity index (χ0n) is 16.2. The van der Waals surface area contributed by atoms with Gasteiger partial charge >= 0.3 is 0 Å². The van der Waals surface area contributed by atoms with E-state index >= 15 is 0 Å². The van der Waals surface area contributed by atoms with E-state index in [0.717, 1.165) is 5.56 Å². The van der Waals surface area contributed by atoms with Gasteiger partial charge in [0.15, 0.2) is 11.7 Å². The molecular formula is C20H23N3O5S. The molecule has 0 saturated carbocycles. The van der Waals surface area contributed by atoms with Crippen LogP contribution in [0, 0.1) is 6.92 Å². The summed E-state index contributed by atoms with van der Waals surface area (Å²) in [4.78, 5) is 24.0. The Hall–Kier alpha value is -3.17. The number of para-hydroxylation sites is 1. The van der Waals surface area contributed by atoms with Gasteiger partial charge in [0, 0.05) is 12.7 Å². The Bertz CT molecular complexity index is 842. The molecule has 0 unspecified atom stereocenters. The molecule has 8 nitrogen and oxygen atoms in total. The summed E-state index contributed by atoms with van der Waals surface area (Å²) >= 11 is 5.01. The van der Waals surface area contributed by atoms with Crippen molar-refractivity contribution in [3.8, 4) is 11.5 Å². The number of ether oxygens (including phenoxy) is 3. The molecule has 0 radical (unpaired) electrons. The summed E-state index contributed by atoms with van der Waals surface area (Å²) in [5, 5.41) is 2.43. The van der Waals surface area contributed by atoms with Crippen LogP contribution >= 0.6 is 12.2 Å². The number of benzene rings is 2. The second-order valence-corrected chi connectivity index (χ2v) is 6.28. The van der Waals surface area contributed by atoms with Crippen molar-refractivity contribution < 1.29 is 23.8 Å². The number of aryl methyl sites for hydroxylation is 1. The lowest BCUT2D eigenvalue weighted by Crippen LogP contribution is -2.49. The van der Waals surface area contributed by atoms with Crippen molar-refractivity contribution in [2.45, 2.75) is 6.92 Å². The van der Waals surface area contributed by atoms with E-state index in [4.69, 9.17) is 26.4 Å². The molecule has 0 aromatic heterocycles. The first-order chi connectivity index (χ1) is 14.0. The molecule has 2 rings (SSSR count). The van der Waals surface area contributed by atoms with Gasteiger partial charge in [-0.15, -0.1) is 0 Å². The highest BCUT2D eigenvalue weighted by Crippen LogP contribution is 2.15. The number of hydrogen-bond acceptors (Lipinski definition) is 6. The highest BCUT2D eigenvalue weighted by atomic mass is 32.1. The number of carbonyl (C=O) groups is 2. The molecular weight excluding hydrogens is 394 g/mol. The highest BCUT2D eigenvalue weighted by Gasteiger charge is 2.09. The molecule has 154 valence electrons. The van der Waals surface area contributed by atoms with Gasteiger partial charge in [0.2, 0.25) is 0 Å². The van der Waals surface area contributed by atoms with Crippen LogP contribution in [-0.4, -0.2) is 43.9 Å². The maximum Gasteiger partial charge on any atom is 0.276 e. The third-order valence-electron chi connectivity index (χ3n) is 3.67. The van der Waals surface area contributed by atoms with Crippen molar-refractivity contribution in [3.05, 3.63) is 59.7 Å². The van der Waals surface area contributed by atoms with Gasteiger partial charge in [0.05, 0.1) is 6.61 Å². The number of thiocarbonyl (C=S) groups is 1. The molecule has 3 N–H and O–H groups in total. The van der Waals surface area contributed by atoms with Crippen molar-refractivity contribution in [3.63, 3.8) is 0 Å². The first-order valence-electron chi connectivity index (χ1n) is 8.80. The third kappa shape index (κ3) is 7.76. The molecule has 0 aliphatic heterocycles. The Morgan fingerprint density at radius 2 is 1.69 bits per heavy atom. The molecule has 0 fully saturated rings. The Labute approximate surface area is 174 Å². The minimum atomic E-state index is -0.442. The zero-order chi connectivity index (χ0) is 21.1. The van der Waals surface area contributed by atoms with Crippen molar-refractivity contribution in [2.24, 2.45) is 0 Å². The first kappa shape index (κ1) is 22.1. The van der Waals surface area contributed by atoms with E-state index in [9.17, 15) is 9.59 Å². The average Bonchev–Trinajstić information content (AvgIpc) is 2.72. The molecule has 0 atom stereocenters. The second-order valence-electron chi connectivity index (χ2n) is 5.88. The minimum Gasteiger partial charge on any atom is -0.491 e. The SMILES string of the molecule is COCCOc1ccc(C(=O)NC(=S)NNC(=O)COc2ccccc2C)cc1. The van der Waals surface area contributed by atoms with E-state index in [2.05, 4.69) is 16.2 Å². The fourth-order valence-electron chi connectivity index (χ4n) is 2.18. The van der Waals surface area contributed by atoms with Crippen molar-refractivity contribution in [2.75, 3.05) is 26.9 Å². The van der Waals surface area contributed by atoms with Crippen molar-refractivity contribution >= 4 is 29.1 Å². The first-order valence-corrected chi connectivity index (χ1v) is 9.21. The van der Waals surface area contributed by atoms with Gasteiger partial charge in [-0.3, -0.25) is 25.8 Å². The Kier molecular flexibility index (Phi) is 8.87.